The molecule has 19 heavy (non-hydrogen) atoms. The van der Waals surface area contributed by atoms with Gasteiger partial charge in [-0.25, -0.2) is 0 Å². The Morgan fingerprint density at radius 3 is 2.74 bits per heavy atom. The Kier molecular flexibility index (Phi) is 4.40. The van der Waals surface area contributed by atoms with Crippen LogP contribution in [-0.2, 0) is 6.61 Å². The zero-order valence-electron chi connectivity index (χ0n) is 10.2. The maximum Gasteiger partial charge on any atom is 0.153 e. The molecule has 0 amide bonds. The van der Waals surface area contributed by atoms with Crippen molar-refractivity contribution in [1.29, 1.82) is 0 Å². The molecule has 98 valence electrons. The van der Waals surface area contributed by atoms with Crippen LogP contribution in [0, 0.1) is 6.92 Å². The second-order valence-electron chi connectivity index (χ2n) is 4.08. The van der Waals surface area contributed by atoms with Crippen molar-refractivity contribution in [2.45, 2.75) is 13.5 Å². The average molecular weight is 296 g/mol. The van der Waals surface area contributed by atoms with Gasteiger partial charge in [0.05, 0.1) is 10.6 Å². The standard InChI is InChI=1S/C14H11Cl2NO2/c1-9-2-10(6-17-5-9)8-19-14-11(7-18)3-12(15)4-13(14)16/h2-7H,8H2,1H3. The molecule has 0 radical (unpaired) electrons. The van der Waals surface area contributed by atoms with Crippen molar-refractivity contribution < 1.29 is 9.53 Å². The largest absolute Gasteiger partial charge is 0.487 e. The maximum absolute atomic E-state index is 11.0. The lowest BCUT2D eigenvalue weighted by molar-refractivity contribution is 0.111. The monoisotopic (exact) mass is 295 g/mol. The van der Waals surface area contributed by atoms with Gasteiger partial charge in [0.25, 0.3) is 0 Å². The summed E-state index contributed by atoms with van der Waals surface area (Å²) in [6.07, 6.45) is 4.13. The minimum Gasteiger partial charge on any atom is -0.487 e. The molecule has 2 aromatic rings. The van der Waals surface area contributed by atoms with Crippen molar-refractivity contribution in [3.8, 4) is 5.75 Å². The van der Waals surface area contributed by atoms with Gasteiger partial charge in [-0.3, -0.25) is 9.78 Å². The number of hydrogen-bond donors (Lipinski definition) is 0. The van der Waals surface area contributed by atoms with Crippen LogP contribution in [-0.4, -0.2) is 11.3 Å². The number of rotatable bonds is 4. The van der Waals surface area contributed by atoms with E-state index >= 15 is 0 Å². The smallest absolute Gasteiger partial charge is 0.153 e. The minimum absolute atomic E-state index is 0.289. The number of aldehydes is 1. The number of aryl methyl sites for hydroxylation is 1. The van der Waals surface area contributed by atoms with Crippen molar-refractivity contribution in [1.82, 2.24) is 4.98 Å². The van der Waals surface area contributed by atoms with Crippen LogP contribution < -0.4 is 4.74 Å². The zero-order valence-corrected chi connectivity index (χ0v) is 11.7. The molecule has 0 fully saturated rings. The van der Waals surface area contributed by atoms with Gasteiger partial charge in [0, 0.05) is 23.0 Å². The van der Waals surface area contributed by atoms with Crippen LogP contribution in [0.5, 0.6) is 5.75 Å². The molecule has 1 aromatic heterocycles. The van der Waals surface area contributed by atoms with Gasteiger partial charge < -0.3 is 4.74 Å². The van der Waals surface area contributed by atoms with Gasteiger partial charge in [0.2, 0.25) is 0 Å². The third-order valence-electron chi connectivity index (χ3n) is 2.48. The molecule has 0 N–H and O–H groups in total. The molecule has 0 bridgehead atoms. The van der Waals surface area contributed by atoms with E-state index in [2.05, 4.69) is 4.98 Å². The van der Waals surface area contributed by atoms with E-state index in [1.807, 2.05) is 13.0 Å². The van der Waals surface area contributed by atoms with E-state index in [9.17, 15) is 4.79 Å². The van der Waals surface area contributed by atoms with Crippen LogP contribution >= 0.6 is 23.2 Å². The van der Waals surface area contributed by atoms with Crippen molar-refractivity contribution in [2.75, 3.05) is 0 Å². The molecule has 0 saturated heterocycles. The summed E-state index contributed by atoms with van der Waals surface area (Å²) in [4.78, 5) is 15.1. The number of carbonyl (C=O) groups excluding carboxylic acids is 1. The molecule has 0 spiro atoms. The van der Waals surface area contributed by atoms with Gasteiger partial charge in [0.15, 0.2) is 6.29 Å². The number of aromatic nitrogens is 1. The molecule has 0 aliphatic heterocycles. The minimum atomic E-state index is 0.289. The predicted molar refractivity (Wildman–Crippen MR) is 75.2 cm³/mol. The van der Waals surface area contributed by atoms with Crippen LogP contribution in [0.3, 0.4) is 0 Å². The van der Waals surface area contributed by atoms with Crippen molar-refractivity contribution in [3.63, 3.8) is 0 Å². The molecule has 1 heterocycles. The third-order valence-corrected chi connectivity index (χ3v) is 2.98. The molecule has 2 rings (SSSR count). The number of pyridine rings is 1. The van der Waals surface area contributed by atoms with Gasteiger partial charge in [-0.2, -0.15) is 0 Å². The van der Waals surface area contributed by atoms with Gasteiger partial charge in [-0.05, 0) is 30.7 Å². The number of nitrogens with zero attached hydrogens (tertiary/aromatic N) is 1. The van der Waals surface area contributed by atoms with E-state index in [0.717, 1.165) is 11.1 Å². The Morgan fingerprint density at radius 2 is 2.05 bits per heavy atom. The number of ether oxygens (including phenoxy) is 1. The lowest BCUT2D eigenvalue weighted by atomic mass is 10.2. The van der Waals surface area contributed by atoms with E-state index in [-0.39, 0.29) is 6.61 Å². The molecule has 1 aromatic carbocycles. The number of halogens is 2. The van der Waals surface area contributed by atoms with E-state index in [1.54, 1.807) is 18.5 Å². The highest BCUT2D eigenvalue weighted by Crippen LogP contribution is 2.32. The lowest BCUT2D eigenvalue weighted by Crippen LogP contribution is -2.00. The Bertz CT molecular complexity index is 614. The normalized spacial score (nSPS) is 10.3. The summed E-state index contributed by atoms with van der Waals surface area (Å²) in [7, 11) is 0. The first kappa shape index (κ1) is 13.8. The molecular weight excluding hydrogens is 285 g/mol. The highest BCUT2D eigenvalue weighted by Gasteiger charge is 2.10. The first-order valence-electron chi connectivity index (χ1n) is 5.57. The molecule has 0 atom stereocenters. The van der Waals surface area contributed by atoms with Gasteiger partial charge in [0.1, 0.15) is 12.4 Å². The van der Waals surface area contributed by atoms with E-state index in [4.69, 9.17) is 27.9 Å². The number of hydrogen-bond acceptors (Lipinski definition) is 3. The highest BCUT2D eigenvalue weighted by molar-refractivity contribution is 6.36. The molecule has 0 saturated carbocycles. The molecular formula is C14H11Cl2NO2. The van der Waals surface area contributed by atoms with Crippen LogP contribution in [0.1, 0.15) is 21.5 Å². The van der Waals surface area contributed by atoms with Gasteiger partial charge >= 0.3 is 0 Å². The fraction of sp³-hybridized carbons (Fsp3) is 0.143. The Hall–Kier alpha value is -1.58. The van der Waals surface area contributed by atoms with Crippen molar-refractivity contribution >= 4 is 29.5 Å². The van der Waals surface area contributed by atoms with Crippen LogP contribution in [0.2, 0.25) is 10.0 Å². The quantitative estimate of drug-likeness (QED) is 0.798. The second kappa shape index (κ2) is 6.04. The first-order chi connectivity index (χ1) is 9.10. The van der Waals surface area contributed by atoms with E-state index < -0.39 is 0 Å². The highest BCUT2D eigenvalue weighted by atomic mass is 35.5. The lowest BCUT2D eigenvalue weighted by Gasteiger charge is -2.11. The summed E-state index contributed by atoms with van der Waals surface area (Å²) in [6, 6.07) is 5.02. The summed E-state index contributed by atoms with van der Waals surface area (Å²) in [5.74, 6) is 0.336. The summed E-state index contributed by atoms with van der Waals surface area (Å²) in [5.41, 5.74) is 2.28. The van der Waals surface area contributed by atoms with E-state index in [0.29, 0.717) is 27.6 Å². The Labute approximate surface area is 121 Å². The van der Waals surface area contributed by atoms with E-state index in [1.165, 1.54) is 6.07 Å². The van der Waals surface area contributed by atoms with Crippen LogP contribution in [0.15, 0.2) is 30.6 Å². The first-order valence-corrected chi connectivity index (χ1v) is 6.33. The maximum atomic E-state index is 11.0. The summed E-state index contributed by atoms with van der Waals surface area (Å²) in [5, 5.41) is 0.715. The van der Waals surface area contributed by atoms with Crippen molar-refractivity contribution in [3.05, 3.63) is 57.3 Å². The summed E-state index contributed by atoms with van der Waals surface area (Å²) < 4.78 is 5.59. The number of carbonyl (C=O) groups is 1. The molecule has 5 heteroatoms. The van der Waals surface area contributed by atoms with Gasteiger partial charge in [-0.15, -0.1) is 0 Å². The SMILES string of the molecule is Cc1cncc(COc2c(Cl)cc(Cl)cc2C=O)c1. The fourth-order valence-electron chi connectivity index (χ4n) is 1.67. The second-order valence-corrected chi connectivity index (χ2v) is 4.93. The molecule has 0 unspecified atom stereocenters. The third kappa shape index (κ3) is 3.46. The Morgan fingerprint density at radius 1 is 1.26 bits per heavy atom. The van der Waals surface area contributed by atoms with Gasteiger partial charge in [-0.1, -0.05) is 23.2 Å². The Balaban J connectivity index is 2.22. The van der Waals surface area contributed by atoms with Crippen molar-refractivity contribution in [2.24, 2.45) is 0 Å². The molecule has 0 aliphatic rings. The summed E-state index contributed by atoms with van der Waals surface area (Å²) >= 11 is 11.9. The predicted octanol–water partition coefficient (Wildman–Crippen LogP) is 4.09. The zero-order chi connectivity index (χ0) is 13.8. The molecule has 3 nitrogen and oxygen atoms in total. The van der Waals surface area contributed by atoms with Crippen LogP contribution in [0.4, 0.5) is 0 Å². The number of benzene rings is 1. The topological polar surface area (TPSA) is 39.2 Å². The molecule has 0 aliphatic carbocycles. The summed E-state index contributed by atoms with van der Waals surface area (Å²) in [6.45, 7) is 2.24. The van der Waals surface area contributed by atoms with Crippen LogP contribution in [0.25, 0.3) is 0 Å². The average Bonchev–Trinajstić information content (AvgIpc) is 2.37. The fourth-order valence-corrected chi connectivity index (χ4v) is 2.24.